The highest BCUT2D eigenvalue weighted by atomic mass is 35.5. The Morgan fingerprint density at radius 3 is 2.82 bits per heavy atom. The molecule has 2 rings (SSSR count). The monoisotopic (exact) mass is 340 g/mol. The minimum absolute atomic E-state index is 0.0174. The predicted octanol–water partition coefficient (Wildman–Crippen LogP) is 3.05. The van der Waals surface area contributed by atoms with Gasteiger partial charge in [-0.15, -0.1) is 11.3 Å². The summed E-state index contributed by atoms with van der Waals surface area (Å²) in [5.74, 6) is 0.0316. The average Bonchev–Trinajstić information content (AvgIpc) is 2.90. The van der Waals surface area contributed by atoms with E-state index in [0.29, 0.717) is 15.1 Å². The number of aliphatic hydroxyl groups excluding tert-OH is 1. The van der Waals surface area contributed by atoms with Gasteiger partial charge in [-0.25, -0.2) is 4.98 Å². The van der Waals surface area contributed by atoms with Crippen LogP contribution in [0.2, 0.25) is 4.34 Å². The molecule has 7 heteroatoms. The molecule has 0 bridgehead atoms. The average molecular weight is 341 g/mol. The lowest BCUT2D eigenvalue weighted by atomic mass is 10.2. The van der Waals surface area contributed by atoms with Gasteiger partial charge in [-0.2, -0.15) is 0 Å². The molecule has 5 nitrogen and oxygen atoms in total. The minimum atomic E-state index is -0.795. The first kappa shape index (κ1) is 16.7. The van der Waals surface area contributed by atoms with Crippen LogP contribution < -0.4 is 10.1 Å². The second-order valence-corrected chi connectivity index (χ2v) is 6.64. The zero-order valence-corrected chi connectivity index (χ0v) is 13.8. The molecule has 0 saturated carbocycles. The number of aliphatic hydroxyl groups is 1. The number of carbonyl (C=O) groups excluding carboxylic acids is 1. The smallest absolute Gasteiger partial charge is 0.270 e. The van der Waals surface area contributed by atoms with Crippen molar-refractivity contribution >= 4 is 28.8 Å². The number of carbonyl (C=O) groups is 1. The molecule has 22 heavy (non-hydrogen) atoms. The van der Waals surface area contributed by atoms with Crippen LogP contribution in [-0.2, 0) is 0 Å². The van der Waals surface area contributed by atoms with Crippen LogP contribution in [0.15, 0.2) is 30.3 Å². The number of hydrogen-bond donors (Lipinski definition) is 2. The topological polar surface area (TPSA) is 71.5 Å². The molecule has 1 atom stereocenters. The van der Waals surface area contributed by atoms with E-state index in [-0.39, 0.29) is 24.2 Å². The number of nitrogens with zero attached hydrogens (tertiary/aromatic N) is 1. The number of ether oxygens (including phenoxy) is 1. The maximum Gasteiger partial charge on any atom is 0.270 e. The molecule has 1 amide bonds. The van der Waals surface area contributed by atoms with Gasteiger partial charge < -0.3 is 15.2 Å². The third-order valence-corrected chi connectivity index (χ3v) is 4.02. The third kappa shape index (κ3) is 4.69. The van der Waals surface area contributed by atoms with Gasteiger partial charge in [0.15, 0.2) is 0 Å². The summed E-state index contributed by atoms with van der Waals surface area (Å²) in [5, 5.41) is 12.6. The normalized spacial score (nSPS) is 12.2. The zero-order chi connectivity index (χ0) is 16.1. The van der Waals surface area contributed by atoms with Crippen LogP contribution in [0, 0.1) is 0 Å². The number of pyridine rings is 1. The van der Waals surface area contributed by atoms with Crippen molar-refractivity contribution in [3.05, 3.63) is 45.2 Å². The van der Waals surface area contributed by atoms with Gasteiger partial charge in [-0.05, 0) is 32.0 Å². The van der Waals surface area contributed by atoms with Crippen LogP contribution in [0.3, 0.4) is 0 Å². The van der Waals surface area contributed by atoms with E-state index in [1.807, 2.05) is 13.8 Å². The molecular formula is C15H17ClN2O3S. The third-order valence-electron chi connectivity index (χ3n) is 2.69. The number of rotatable bonds is 6. The Morgan fingerprint density at radius 2 is 2.18 bits per heavy atom. The Morgan fingerprint density at radius 1 is 1.41 bits per heavy atom. The summed E-state index contributed by atoms with van der Waals surface area (Å²) in [5.41, 5.74) is 0.245. The van der Waals surface area contributed by atoms with Crippen LogP contribution in [0.1, 0.15) is 35.3 Å². The molecule has 0 radical (unpaired) electrons. The molecule has 1 unspecified atom stereocenters. The summed E-state index contributed by atoms with van der Waals surface area (Å²) < 4.78 is 6.05. The van der Waals surface area contributed by atoms with Crippen LogP contribution in [-0.4, -0.2) is 28.6 Å². The van der Waals surface area contributed by atoms with Crippen molar-refractivity contribution in [3.8, 4) is 5.88 Å². The minimum Gasteiger partial charge on any atom is -0.475 e. The largest absolute Gasteiger partial charge is 0.475 e. The lowest BCUT2D eigenvalue weighted by Crippen LogP contribution is -2.28. The Bertz CT molecular complexity index is 645. The summed E-state index contributed by atoms with van der Waals surface area (Å²) in [6, 6.07) is 8.44. The fourth-order valence-corrected chi connectivity index (χ4v) is 2.78. The molecule has 118 valence electrons. The van der Waals surface area contributed by atoms with E-state index in [9.17, 15) is 9.90 Å². The molecule has 2 aromatic heterocycles. The van der Waals surface area contributed by atoms with E-state index in [1.54, 1.807) is 30.3 Å². The first-order chi connectivity index (χ1) is 10.5. The highest BCUT2D eigenvalue weighted by Gasteiger charge is 2.14. The molecule has 0 aliphatic heterocycles. The van der Waals surface area contributed by atoms with Crippen molar-refractivity contribution in [1.82, 2.24) is 10.3 Å². The van der Waals surface area contributed by atoms with Crippen molar-refractivity contribution < 1.29 is 14.6 Å². The second kappa shape index (κ2) is 7.58. The number of amides is 1. The molecule has 0 fully saturated rings. The van der Waals surface area contributed by atoms with E-state index >= 15 is 0 Å². The summed E-state index contributed by atoms with van der Waals surface area (Å²) >= 11 is 7.10. The molecule has 2 aromatic rings. The van der Waals surface area contributed by atoms with Gasteiger partial charge in [0, 0.05) is 17.5 Å². The van der Waals surface area contributed by atoms with Gasteiger partial charge in [-0.1, -0.05) is 17.7 Å². The molecule has 0 aromatic carbocycles. The maximum absolute atomic E-state index is 12.1. The van der Waals surface area contributed by atoms with Crippen LogP contribution >= 0.6 is 22.9 Å². The SMILES string of the molecule is CC(C)Oc1cccc(C(=O)NCC(O)c2ccc(Cl)s2)n1. The van der Waals surface area contributed by atoms with E-state index in [4.69, 9.17) is 16.3 Å². The predicted molar refractivity (Wildman–Crippen MR) is 86.6 cm³/mol. The van der Waals surface area contributed by atoms with Gasteiger partial charge in [0.05, 0.1) is 10.4 Å². The van der Waals surface area contributed by atoms with E-state index in [0.717, 1.165) is 0 Å². The second-order valence-electron chi connectivity index (χ2n) is 4.90. The summed E-state index contributed by atoms with van der Waals surface area (Å²) in [6.07, 6.45) is -0.812. The first-order valence-electron chi connectivity index (χ1n) is 6.81. The fourth-order valence-electron chi connectivity index (χ4n) is 1.74. The molecule has 0 aliphatic carbocycles. The molecule has 0 saturated heterocycles. The van der Waals surface area contributed by atoms with Crippen molar-refractivity contribution in [2.75, 3.05) is 6.54 Å². The Hall–Kier alpha value is -1.63. The van der Waals surface area contributed by atoms with Crippen molar-refractivity contribution in [3.63, 3.8) is 0 Å². The Labute approximate surface area is 137 Å². The zero-order valence-electron chi connectivity index (χ0n) is 12.2. The van der Waals surface area contributed by atoms with E-state index < -0.39 is 6.10 Å². The quantitative estimate of drug-likeness (QED) is 0.847. The molecule has 2 N–H and O–H groups in total. The molecule has 0 aliphatic rings. The number of nitrogens with one attached hydrogen (secondary N) is 1. The molecular weight excluding hydrogens is 324 g/mol. The summed E-state index contributed by atoms with van der Waals surface area (Å²) in [6.45, 7) is 3.86. The highest BCUT2D eigenvalue weighted by molar-refractivity contribution is 7.16. The molecule has 0 spiro atoms. The van der Waals surface area contributed by atoms with Crippen LogP contribution in [0.5, 0.6) is 5.88 Å². The van der Waals surface area contributed by atoms with Crippen LogP contribution in [0.4, 0.5) is 0 Å². The van der Waals surface area contributed by atoms with Crippen molar-refractivity contribution in [2.45, 2.75) is 26.1 Å². The lowest BCUT2D eigenvalue weighted by molar-refractivity contribution is 0.0911. The lowest BCUT2D eigenvalue weighted by Gasteiger charge is -2.11. The molecule has 2 heterocycles. The van der Waals surface area contributed by atoms with Gasteiger partial charge in [0.2, 0.25) is 5.88 Å². The van der Waals surface area contributed by atoms with Gasteiger partial charge in [-0.3, -0.25) is 4.79 Å². The van der Waals surface area contributed by atoms with Gasteiger partial charge in [0.1, 0.15) is 11.8 Å². The highest BCUT2D eigenvalue weighted by Crippen LogP contribution is 2.26. The number of thiophene rings is 1. The number of hydrogen-bond acceptors (Lipinski definition) is 5. The summed E-state index contributed by atoms with van der Waals surface area (Å²) in [7, 11) is 0. The number of halogens is 1. The standard InChI is InChI=1S/C15H17ClN2O3S/c1-9(2)21-14-5-3-4-10(18-14)15(20)17-8-11(19)12-6-7-13(16)22-12/h3-7,9,11,19H,8H2,1-2H3,(H,17,20). The Balaban J connectivity index is 1.94. The van der Waals surface area contributed by atoms with Crippen LogP contribution in [0.25, 0.3) is 0 Å². The van der Waals surface area contributed by atoms with Gasteiger partial charge >= 0.3 is 0 Å². The van der Waals surface area contributed by atoms with Crippen molar-refractivity contribution in [1.29, 1.82) is 0 Å². The van der Waals surface area contributed by atoms with E-state index in [2.05, 4.69) is 10.3 Å². The number of aromatic nitrogens is 1. The summed E-state index contributed by atoms with van der Waals surface area (Å²) in [4.78, 5) is 16.9. The fraction of sp³-hybridized carbons (Fsp3) is 0.333. The van der Waals surface area contributed by atoms with E-state index in [1.165, 1.54) is 11.3 Å². The first-order valence-corrected chi connectivity index (χ1v) is 8.00. The maximum atomic E-state index is 12.1. The van der Waals surface area contributed by atoms with Gasteiger partial charge in [0.25, 0.3) is 5.91 Å². The Kier molecular flexibility index (Phi) is 5.76. The van der Waals surface area contributed by atoms with Crippen molar-refractivity contribution in [2.24, 2.45) is 0 Å².